The highest BCUT2D eigenvalue weighted by Crippen LogP contribution is 2.43. The minimum absolute atomic E-state index is 0.0945. The molecule has 178 valence electrons. The predicted molar refractivity (Wildman–Crippen MR) is 129 cm³/mol. The fourth-order valence-corrected chi connectivity index (χ4v) is 3.99. The van der Waals surface area contributed by atoms with Crippen LogP contribution in [0.2, 0.25) is 0 Å². The van der Waals surface area contributed by atoms with E-state index in [1.54, 1.807) is 72.8 Å². The molecular weight excluding hydrogens is 450 g/mol. The van der Waals surface area contributed by atoms with Gasteiger partial charge < -0.3 is 19.3 Å². The lowest BCUT2D eigenvalue weighted by Crippen LogP contribution is -2.29. The van der Waals surface area contributed by atoms with Gasteiger partial charge in [-0.3, -0.25) is 19.3 Å². The first-order valence-corrected chi connectivity index (χ1v) is 10.7. The molecule has 1 N–H and O–H groups in total. The molecular formula is C27H23NO7. The molecule has 0 bridgehead atoms. The number of ketones is 1. The van der Waals surface area contributed by atoms with Crippen molar-refractivity contribution >= 4 is 29.1 Å². The highest BCUT2D eigenvalue weighted by atomic mass is 16.5. The highest BCUT2D eigenvalue weighted by Gasteiger charge is 2.47. The number of aliphatic hydroxyl groups excluding tert-OH is 1. The van der Waals surface area contributed by atoms with Gasteiger partial charge in [0.15, 0.2) is 0 Å². The average Bonchev–Trinajstić information content (AvgIpc) is 3.13. The van der Waals surface area contributed by atoms with Crippen molar-refractivity contribution < 1.29 is 33.7 Å². The van der Waals surface area contributed by atoms with Crippen LogP contribution in [0.3, 0.4) is 0 Å². The van der Waals surface area contributed by atoms with Gasteiger partial charge in [-0.15, -0.1) is 0 Å². The smallest absolute Gasteiger partial charge is 0.308 e. The molecule has 8 nitrogen and oxygen atoms in total. The maximum Gasteiger partial charge on any atom is 0.308 e. The first kappa shape index (κ1) is 23.6. The molecule has 1 amide bonds. The van der Waals surface area contributed by atoms with Crippen molar-refractivity contribution in [3.8, 4) is 17.2 Å². The largest absolute Gasteiger partial charge is 0.507 e. The quantitative estimate of drug-likeness (QED) is 0.188. The minimum Gasteiger partial charge on any atom is -0.507 e. The fourth-order valence-electron chi connectivity index (χ4n) is 3.99. The van der Waals surface area contributed by atoms with Gasteiger partial charge in [-0.25, -0.2) is 0 Å². The number of anilines is 1. The van der Waals surface area contributed by atoms with E-state index >= 15 is 0 Å². The van der Waals surface area contributed by atoms with Crippen molar-refractivity contribution in [3.05, 3.63) is 89.5 Å². The molecule has 0 spiro atoms. The highest BCUT2D eigenvalue weighted by molar-refractivity contribution is 6.51. The van der Waals surface area contributed by atoms with E-state index in [-0.39, 0.29) is 17.1 Å². The second-order valence-electron chi connectivity index (χ2n) is 7.77. The number of rotatable bonds is 6. The zero-order valence-corrected chi connectivity index (χ0v) is 19.3. The van der Waals surface area contributed by atoms with Crippen LogP contribution in [0.1, 0.15) is 24.1 Å². The van der Waals surface area contributed by atoms with Crippen LogP contribution in [0.4, 0.5) is 5.69 Å². The van der Waals surface area contributed by atoms with Crippen LogP contribution in [0.25, 0.3) is 5.76 Å². The van der Waals surface area contributed by atoms with E-state index in [1.165, 1.54) is 26.0 Å². The summed E-state index contributed by atoms with van der Waals surface area (Å²) < 4.78 is 15.7. The zero-order valence-electron chi connectivity index (χ0n) is 19.3. The Morgan fingerprint density at radius 3 is 2.17 bits per heavy atom. The lowest BCUT2D eigenvalue weighted by molar-refractivity contribution is -0.132. The van der Waals surface area contributed by atoms with Crippen LogP contribution in [-0.2, 0) is 14.4 Å². The number of hydrogen-bond acceptors (Lipinski definition) is 7. The number of amides is 1. The van der Waals surface area contributed by atoms with Crippen LogP contribution in [-0.4, -0.2) is 37.0 Å². The van der Waals surface area contributed by atoms with E-state index < -0.39 is 23.7 Å². The van der Waals surface area contributed by atoms with E-state index in [0.29, 0.717) is 28.3 Å². The molecule has 1 saturated heterocycles. The number of methoxy groups -OCH3 is 2. The summed E-state index contributed by atoms with van der Waals surface area (Å²) in [5, 5.41) is 11.2. The van der Waals surface area contributed by atoms with Crippen LogP contribution in [0.5, 0.6) is 17.2 Å². The molecule has 1 fully saturated rings. The van der Waals surface area contributed by atoms with Gasteiger partial charge in [-0.05, 0) is 54.1 Å². The Morgan fingerprint density at radius 2 is 1.51 bits per heavy atom. The van der Waals surface area contributed by atoms with Gasteiger partial charge in [-0.1, -0.05) is 18.2 Å². The third-order valence-electron chi connectivity index (χ3n) is 5.57. The van der Waals surface area contributed by atoms with E-state index in [2.05, 4.69) is 0 Å². The number of Topliss-reactive ketones (excluding diaryl/α,β-unsaturated/α-hetero) is 1. The summed E-state index contributed by atoms with van der Waals surface area (Å²) in [6.07, 6.45) is 0. The number of hydrogen-bond donors (Lipinski definition) is 1. The molecule has 1 aliphatic rings. The maximum atomic E-state index is 13.3. The monoisotopic (exact) mass is 473 g/mol. The minimum atomic E-state index is -0.986. The van der Waals surface area contributed by atoms with Gasteiger partial charge in [0.25, 0.3) is 11.7 Å². The summed E-state index contributed by atoms with van der Waals surface area (Å²) in [4.78, 5) is 39.4. The third-order valence-corrected chi connectivity index (χ3v) is 5.57. The maximum absolute atomic E-state index is 13.3. The van der Waals surface area contributed by atoms with Gasteiger partial charge in [0.1, 0.15) is 23.0 Å². The predicted octanol–water partition coefficient (Wildman–Crippen LogP) is 4.26. The zero-order chi connectivity index (χ0) is 25.1. The number of benzene rings is 3. The van der Waals surface area contributed by atoms with Crippen molar-refractivity contribution in [2.24, 2.45) is 0 Å². The van der Waals surface area contributed by atoms with E-state index in [1.807, 2.05) is 0 Å². The molecule has 1 atom stereocenters. The van der Waals surface area contributed by atoms with Gasteiger partial charge in [0, 0.05) is 24.2 Å². The van der Waals surface area contributed by atoms with Gasteiger partial charge in [0.2, 0.25) is 0 Å². The molecule has 0 radical (unpaired) electrons. The first-order valence-electron chi connectivity index (χ1n) is 10.7. The van der Waals surface area contributed by atoms with E-state index in [0.717, 1.165) is 0 Å². The Morgan fingerprint density at radius 1 is 0.857 bits per heavy atom. The number of nitrogens with zero attached hydrogens (tertiary/aromatic N) is 1. The molecule has 4 rings (SSSR count). The second-order valence-corrected chi connectivity index (χ2v) is 7.77. The molecule has 3 aromatic carbocycles. The van der Waals surface area contributed by atoms with Crippen LogP contribution in [0, 0.1) is 0 Å². The molecule has 3 aromatic rings. The molecule has 0 aromatic heterocycles. The summed E-state index contributed by atoms with van der Waals surface area (Å²) in [6.45, 7) is 1.28. The summed E-state index contributed by atoms with van der Waals surface area (Å²) in [7, 11) is 3.02. The normalized spacial score (nSPS) is 16.8. The Kier molecular flexibility index (Phi) is 6.55. The molecule has 1 unspecified atom stereocenters. The van der Waals surface area contributed by atoms with Crippen molar-refractivity contribution in [2.75, 3.05) is 19.1 Å². The van der Waals surface area contributed by atoms with Crippen molar-refractivity contribution in [2.45, 2.75) is 13.0 Å². The van der Waals surface area contributed by atoms with E-state index in [9.17, 15) is 19.5 Å². The summed E-state index contributed by atoms with van der Waals surface area (Å²) in [5.74, 6) is -1.19. The molecule has 0 saturated carbocycles. The van der Waals surface area contributed by atoms with Gasteiger partial charge in [0.05, 0.1) is 25.8 Å². The Bertz CT molecular complexity index is 1330. The SMILES string of the molecule is COc1ccc(/C(O)=C2\C(=O)C(=O)N(c3cccc(OC)c3)C2c2cccc(OC(C)=O)c2)cc1. The summed E-state index contributed by atoms with van der Waals surface area (Å²) in [5.41, 5.74) is 1.13. The van der Waals surface area contributed by atoms with E-state index in [4.69, 9.17) is 14.2 Å². The summed E-state index contributed by atoms with van der Waals surface area (Å²) >= 11 is 0. The van der Waals surface area contributed by atoms with Crippen LogP contribution >= 0.6 is 0 Å². The van der Waals surface area contributed by atoms with Crippen molar-refractivity contribution in [1.82, 2.24) is 0 Å². The number of esters is 1. The third kappa shape index (κ3) is 4.59. The Hall–Kier alpha value is -4.59. The molecule has 0 aliphatic carbocycles. The van der Waals surface area contributed by atoms with Gasteiger partial charge >= 0.3 is 5.97 Å². The lowest BCUT2D eigenvalue weighted by atomic mass is 9.95. The molecule has 1 heterocycles. The van der Waals surface area contributed by atoms with Crippen molar-refractivity contribution in [3.63, 3.8) is 0 Å². The first-order chi connectivity index (χ1) is 16.8. The second kappa shape index (κ2) is 9.72. The Balaban J connectivity index is 1.92. The number of carbonyl (C=O) groups is 3. The number of aliphatic hydroxyl groups is 1. The Labute approximate surface area is 202 Å². The van der Waals surface area contributed by atoms with Crippen LogP contribution < -0.4 is 19.1 Å². The number of ether oxygens (including phenoxy) is 3. The lowest BCUT2D eigenvalue weighted by Gasteiger charge is -2.26. The fraction of sp³-hybridized carbons (Fsp3) is 0.148. The van der Waals surface area contributed by atoms with Crippen LogP contribution in [0.15, 0.2) is 78.4 Å². The topological polar surface area (TPSA) is 102 Å². The molecule has 35 heavy (non-hydrogen) atoms. The van der Waals surface area contributed by atoms with Crippen molar-refractivity contribution in [1.29, 1.82) is 0 Å². The molecule has 1 aliphatic heterocycles. The number of carbonyl (C=O) groups excluding carboxylic acids is 3. The van der Waals surface area contributed by atoms with Gasteiger partial charge in [-0.2, -0.15) is 0 Å². The summed E-state index contributed by atoms with van der Waals surface area (Å²) in [6, 6.07) is 18.7. The average molecular weight is 473 g/mol. The standard InChI is InChI=1S/C27H23NO7/c1-16(29)35-22-9-4-6-18(14-22)24-23(25(30)17-10-12-20(33-2)13-11-17)26(31)27(32)28(24)19-7-5-8-21(15-19)34-3/h4-15,24,30H,1-3H3/b25-23+. The molecule has 8 heteroatoms.